The molecule has 0 bridgehead atoms. The number of nitrogens with zero attached hydrogens (tertiary/aromatic N) is 1. The van der Waals surface area contributed by atoms with Crippen LogP contribution in [0.3, 0.4) is 0 Å². The first-order chi connectivity index (χ1) is 9.67. The Morgan fingerprint density at radius 2 is 2.15 bits per heavy atom. The zero-order valence-electron chi connectivity index (χ0n) is 12.4. The van der Waals surface area contributed by atoms with E-state index in [0.717, 1.165) is 30.4 Å². The Morgan fingerprint density at radius 1 is 1.40 bits per heavy atom. The molecular formula is C15H24ClN3O. The average Bonchev–Trinajstić information content (AvgIpc) is 2.44. The molecule has 0 saturated carbocycles. The van der Waals surface area contributed by atoms with Crippen molar-refractivity contribution in [2.75, 3.05) is 27.3 Å². The van der Waals surface area contributed by atoms with E-state index in [4.69, 9.17) is 16.3 Å². The largest absolute Gasteiger partial charge is 0.383 e. The zero-order chi connectivity index (χ0) is 14.8. The third-order valence-electron chi connectivity index (χ3n) is 2.90. The number of nitrogens with one attached hydrogen (secondary N) is 2. The normalized spacial score (nSPS) is 13.1. The number of aliphatic imine (C=N–C) groups is 1. The highest BCUT2D eigenvalue weighted by molar-refractivity contribution is 6.31. The first kappa shape index (κ1) is 16.8. The number of hydrogen-bond acceptors (Lipinski definition) is 2. The lowest BCUT2D eigenvalue weighted by Gasteiger charge is -2.17. The molecule has 1 unspecified atom stereocenters. The van der Waals surface area contributed by atoms with E-state index in [1.54, 1.807) is 14.2 Å². The van der Waals surface area contributed by atoms with Gasteiger partial charge in [0.05, 0.1) is 6.61 Å². The Hall–Kier alpha value is -1.26. The predicted octanol–water partition coefficient (Wildman–Crippen LogP) is 2.47. The number of halogens is 1. The first-order valence-electron chi connectivity index (χ1n) is 6.87. The number of rotatable bonds is 7. The molecule has 0 aromatic heterocycles. The molecule has 1 atom stereocenters. The van der Waals surface area contributed by atoms with Gasteiger partial charge in [-0.1, -0.05) is 29.8 Å². The molecule has 1 rings (SSSR count). The lowest BCUT2D eigenvalue weighted by Crippen LogP contribution is -2.44. The molecule has 0 aliphatic carbocycles. The fourth-order valence-electron chi connectivity index (χ4n) is 1.91. The van der Waals surface area contributed by atoms with Crippen molar-refractivity contribution < 1.29 is 4.74 Å². The van der Waals surface area contributed by atoms with Gasteiger partial charge in [-0.25, -0.2) is 0 Å². The molecule has 0 heterocycles. The summed E-state index contributed by atoms with van der Waals surface area (Å²) >= 11 is 6.13. The second kappa shape index (κ2) is 9.61. The van der Waals surface area contributed by atoms with Crippen LogP contribution >= 0.6 is 11.6 Å². The Morgan fingerprint density at radius 3 is 2.80 bits per heavy atom. The maximum Gasteiger partial charge on any atom is 0.191 e. The van der Waals surface area contributed by atoms with E-state index in [-0.39, 0.29) is 6.04 Å². The van der Waals surface area contributed by atoms with Gasteiger partial charge in [-0.15, -0.1) is 0 Å². The van der Waals surface area contributed by atoms with Gasteiger partial charge in [0.1, 0.15) is 0 Å². The molecule has 0 saturated heterocycles. The van der Waals surface area contributed by atoms with Crippen molar-refractivity contribution in [1.29, 1.82) is 0 Å². The SMILES string of the molecule is CN=C(NCCCc1ccccc1Cl)NC(C)COC. The van der Waals surface area contributed by atoms with Crippen LogP contribution < -0.4 is 10.6 Å². The minimum absolute atomic E-state index is 0.231. The van der Waals surface area contributed by atoms with E-state index in [2.05, 4.69) is 28.6 Å². The third kappa shape index (κ3) is 6.26. The molecule has 0 amide bonds. The highest BCUT2D eigenvalue weighted by Gasteiger charge is 2.04. The molecule has 1 aromatic carbocycles. The first-order valence-corrected chi connectivity index (χ1v) is 7.24. The number of benzene rings is 1. The van der Waals surface area contributed by atoms with Crippen LogP contribution in [0.5, 0.6) is 0 Å². The highest BCUT2D eigenvalue weighted by Crippen LogP contribution is 2.16. The monoisotopic (exact) mass is 297 g/mol. The zero-order valence-corrected chi connectivity index (χ0v) is 13.2. The molecule has 0 aliphatic heterocycles. The second-order valence-electron chi connectivity index (χ2n) is 4.69. The molecule has 1 aromatic rings. The molecule has 4 nitrogen and oxygen atoms in total. The van der Waals surface area contributed by atoms with E-state index in [1.165, 1.54) is 5.56 Å². The van der Waals surface area contributed by atoms with Crippen molar-refractivity contribution in [3.63, 3.8) is 0 Å². The van der Waals surface area contributed by atoms with Crippen LogP contribution in [0, 0.1) is 0 Å². The van der Waals surface area contributed by atoms with Crippen LogP contribution in [0.2, 0.25) is 5.02 Å². The van der Waals surface area contributed by atoms with Gasteiger partial charge in [0.2, 0.25) is 0 Å². The molecule has 0 spiro atoms. The van der Waals surface area contributed by atoms with Gasteiger partial charge in [-0.05, 0) is 31.4 Å². The highest BCUT2D eigenvalue weighted by atomic mass is 35.5. The summed E-state index contributed by atoms with van der Waals surface area (Å²) in [6, 6.07) is 8.19. The molecule has 112 valence electrons. The van der Waals surface area contributed by atoms with Gasteiger partial charge in [0.15, 0.2) is 5.96 Å². The Balaban J connectivity index is 2.27. The van der Waals surface area contributed by atoms with Gasteiger partial charge < -0.3 is 15.4 Å². The van der Waals surface area contributed by atoms with Crippen molar-refractivity contribution in [3.05, 3.63) is 34.9 Å². The molecule has 0 radical (unpaired) electrons. The second-order valence-corrected chi connectivity index (χ2v) is 5.10. The lowest BCUT2D eigenvalue weighted by atomic mass is 10.1. The van der Waals surface area contributed by atoms with Crippen LogP contribution in [0.15, 0.2) is 29.3 Å². The number of methoxy groups -OCH3 is 1. The number of guanidine groups is 1. The van der Waals surface area contributed by atoms with Gasteiger partial charge in [-0.2, -0.15) is 0 Å². The van der Waals surface area contributed by atoms with Crippen molar-refractivity contribution in [2.24, 2.45) is 4.99 Å². The molecule has 0 fully saturated rings. The van der Waals surface area contributed by atoms with Crippen molar-refractivity contribution in [1.82, 2.24) is 10.6 Å². The summed E-state index contributed by atoms with van der Waals surface area (Å²) in [4.78, 5) is 4.19. The van der Waals surface area contributed by atoms with Crippen molar-refractivity contribution >= 4 is 17.6 Å². The van der Waals surface area contributed by atoms with Crippen LogP contribution in [0.1, 0.15) is 18.9 Å². The van der Waals surface area contributed by atoms with Crippen LogP contribution in [-0.4, -0.2) is 39.3 Å². The summed E-state index contributed by atoms with van der Waals surface area (Å²) in [5.74, 6) is 0.800. The smallest absolute Gasteiger partial charge is 0.191 e. The van der Waals surface area contributed by atoms with Crippen molar-refractivity contribution in [2.45, 2.75) is 25.8 Å². The van der Waals surface area contributed by atoms with E-state index < -0.39 is 0 Å². The lowest BCUT2D eigenvalue weighted by molar-refractivity contribution is 0.179. The summed E-state index contributed by atoms with van der Waals surface area (Å²) in [6.45, 7) is 3.56. The van der Waals surface area contributed by atoms with Gasteiger partial charge >= 0.3 is 0 Å². The summed E-state index contributed by atoms with van der Waals surface area (Å²) in [5, 5.41) is 7.39. The van der Waals surface area contributed by atoms with Crippen LogP contribution in [-0.2, 0) is 11.2 Å². The third-order valence-corrected chi connectivity index (χ3v) is 3.27. The quantitative estimate of drug-likeness (QED) is 0.462. The fraction of sp³-hybridized carbons (Fsp3) is 0.533. The van der Waals surface area contributed by atoms with E-state index in [0.29, 0.717) is 6.61 Å². The standard InChI is InChI=1S/C15H24ClN3O/c1-12(11-20-3)19-15(17-2)18-10-6-8-13-7-4-5-9-14(13)16/h4-5,7,9,12H,6,8,10-11H2,1-3H3,(H2,17,18,19). The summed E-state index contributed by atoms with van der Waals surface area (Å²) < 4.78 is 5.09. The number of ether oxygens (including phenoxy) is 1. The predicted molar refractivity (Wildman–Crippen MR) is 85.6 cm³/mol. The maximum atomic E-state index is 6.13. The van der Waals surface area contributed by atoms with Crippen molar-refractivity contribution in [3.8, 4) is 0 Å². The summed E-state index contributed by atoms with van der Waals surface area (Å²) in [5.41, 5.74) is 1.19. The van der Waals surface area contributed by atoms with E-state index >= 15 is 0 Å². The minimum atomic E-state index is 0.231. The maximum absolute atomic E-state index is 6.13. The van der Waals surface area contributed by atoms with Crippen LogP contribution in [0.25, 0.3) is 0 Å². The fourth-order valence-corrected chi connectivity index (χ4v) is 2.14. The van der Waals surface area contributed by atoms with Gasteiger partial charge in [-0.3, -0.25) is 4.99 Å². The number of aryl methyl sites for hydroxylation is 1. The van der Waals surface area contributed by atoms with Gasteiger partial charge in [0.25, 0.3) is 0 Å². The molecule has 5 heteroatoms. The molecule has 0 aliphatic rings. The topological polar surface area (TPSA) is 45.7 Å². The molecule has 20 heavy (non-hydrogen) atoms. The molecular weight excluding hydrogens is 274 g/mol. The van der Waals surface area contributed by atoms with Crippen LogP contribution in [0.4, 0.5) is 0 Å². The van der Waals surface area contributed by atoms with E-state index in [1.807, 2.05) is 18.2 Å². The number of hydrogen-bond donors (Lipinski definition) is 2. The summed E-state index contributed by atoms with van der Waals surface area (Å²) in [7, 11) is 3.46. The average molecular weight is 298 g/mol. The summed E-state index contributed by atoms with van der Waals surface area (Å²) in [6.07, 6.45) is 1.96. The van der Waals surface area contributed by atoms with Gasteiger partial charge in [0, 0.05) is 31.8 Å². The van der Waals surface area contributed by atoms with E-state index in [9.17, 15) is 0 Å². The Labute approximate surface area is 126 Å². The Bertz CT molecular complexity index is 423. The Kier molecular flexibility index (Phi) is 8.07. The minimum Gasteiger partial charge on any atom is -0.383 e. The molecule has 2 N–H and O–H groups in total.